The summed E-state index contributed by atoms with van der Waals surface area (Å²) in [5.41, 5.74) is 1.76. The highest BCUT2D eigenvalue weighted by molar-refractivity contribution is 5.79. The molecule has 2 aromatic carbocycles. The van der Waals surface area contributed by atoms with Gasteiger partial charge in [-0.1, -0.05) is 42.5 Å². The lowest BCUT2D eigenvalue weighted by Gasteiger charge is -2.15. The molecule has 0 fully saturated rings. The number of benzene rings is 2. The highest BCUT2D eigenvalue weighted by atomic mass is 19.3. The second-order valence-corrected chi connectivity index (χ2v) is 4.90. The van der Waals surface area contributed by atoms with Gasteiger partial charge in [-0.2, -0.15) is 8.78 Å². The van der Waals surface area contributed by atoms with Crippen LogP contribution >= 0.6 is 0 Å². The van der Waals surface area contributed by atoms with Crippen LogP contribution in [0.3, 0.4) is 0 Å². The minimum atomic E-state index is -2.84. The van der Waals surface area contributed by atoms with E-state index in [1.54, 1.807) is 12.1 Å². The standard InChI is InChI=1S/C17H17F2NO2/c1-12(14-7-9-15(10-8-14)22-17(18)19)20-16(21)11-13-5-3-2-4-6-13/h2-10,12,17H,11H2,1H3,(H,20,21)/t12-/m1/s1. The summed E-state index contributed by atoms with van der Waals surface area (Å²) in [6, 6.07) is 15.5. The second kappa shape index (κ2) is 7.54. The average Bonchev–Trinajstić information content (AvgIpc) is 2.48. The molecule has 0 radical (unpaired) electrons. The van der Waals surface area contributed by atoms with E-state index in [-0.39, 0.29) is 17.7 Å². The molecule has 0 aromatic heterocycles. The molecule has 0 saturated heterocycles. The third-order valence-electron chi connectivity index (χ3n) is 3.19. The van der Waals surface area contributed by atoms with Gasteiger partial charge in [0.1, 0.15) is 5.75 Å². The van der Waals surface area contributed by atoms with E-state index in [2.05, 4.69) is 10.1 Å². The maximum Gasteiger partial charge on any atom is 0.387 e. The Kier molecular flexibility index (Phi) is 5.47. The molecule has 1 N–H and O–H groups in total. The van der Waals surface area contributed by atoms with Crippen molar-refractivity contribution >= 4 is 5.91 Å². The van der Waals surface area contributed by atoms with Crippen molar-refractivity contribution in [3.63, 3.8) is 0 Å². The first-order chi connectivity index (χ1) is 10.5. The molecule has 0 unspecified atom stereocenters. The number of rotatable bonds is 6. The summed E-state index contributed by atoms with van der Waals surface area (Å²) in [7, 11) is 0. The molecule has 116 valence electrons. The molecule has 2 aromatic rings. The lowest BCUT2D eigenvalue weighted by atomic mass is 10.1. The van der Waals surface area contributed by atoms with Crippen LogP contribution in [0, 0.1) is 0 Å². The zero-order valence-electron chi connectivity index (χ0n) is 12.1. The van der Waals surface area contributed by atoms with Gasteiger partial charge < -0.3 is 10.1 Å². The fraction of sp³-hybridized carbons (Fsp3) is 0.235. The van der Waals surface area contributed by atoms with Crippen molar-refractivity contribution in [1.82, 2.24) is 5.32 Å². The van der Waals surface area contributed by atoms with E-state index in [1.165, 1.54) is 12.1 Å². The smallest absolute Gasteiger partial charge is 0.387 e. The predicted molar refractivity (Wildman–Crippen MR) is 79.8 cm³/mol. The minimum absolute atomic E-state index is 0.0911. The maximum atomic E-state index is 12.1. The van der Waals surface area contributed by atoms with E-state index in [1.807, 2.05) is 37.3 Å². The number of hydrogen-bond acceptors (Lipinski definition) is 2. The molecule has 0 aliphatic heterocycles. The van der Waals surface area contributed by atoms with Crippen LogP contribution in [0.15, 0.2) is 54.6 Å². The SMILES string of the molecule is C[C@@H](NC(=O)Cc1ccccc1)c1ccc(OC(F)F)cc1. The van der Waals surface area contributed by atoms with Crippen LogP contribution in [0.4, 0.5) is 8.78 Å². The Labute approximate surface area is 127 Å². The topological polar surface area (TPSA) is 38.3 Å². The van der Waals surface area contributed by atoms with Gasteiger partial charge in [0, 0.05) is 0 Å². The summed E-state index contributed by atoms with van der Waals surface area (Å²) in [4.78, 5) is 12.0. The third kappa shape index (κ3) is 4.84. The minimum Gasteiger partial charge on any atom is -0.435 e. The van der Waals surface area contributed by atoms with E-state index in [9.17, 15) is 13.6 Å². The van der Waals surface area contributed by atoms with Crippen molar-refractivity contribution in [2.45, 2.75) is 26.0 Å². The maximum absolute atomic E-state index is 12.1. The van der Waals surface area contributed by atoms with Gasteiger partial charge in [-0.3, -0.25) is 4.79 Å². The number of halogens is 2. The van der Waals surface area contributed by atoms with Crippen molar-refractivity contribution in [2.24, 2.45) is 0 Å². The van der Waals surface area contributed by atoms with Crippen molar-refractivity contribution < 1.29 is 18.3 Å². The molecule has 22 heavy (non-hydrogen) atoms. The highest BCUT2D eigenvalue weighted by Gasteiger charge is 2.11. The van der Waals surface area contributed by atoms with Gasteiger partial charge in [0.25, 0.3) is 0 Å². The number of amides is 1. The van der Waals surface area contributed by atoms with Crippen LogP contribution in [0.1, 0.15) is 24.1 Å². The molecule has 1 atom stereocenters. The van der Waals surface area contributed by atoms with Crippen molar-refractivity contribution in [2.75, 3.05) is 0 Å². The molecule has 2 rings (SSSR count). The first kappa shape index (κ1) is 15.9. The number of carbonyl (C=O) groups excluding carboxylic acids is 1. The summed E-state index contributed by atoms with van der Waals surface area (Å²) in [6.45, 7) is -1.000. The Hall–Kier alpha value is -2.43. The summed E-state index contributed by atoms with van der Waals surface area (Å²) in [6.07, 6.45) is 0.303. The fourth-order valence-corrected chi connectivity index (χ4v) is 2.10. The Morgan fingerprint density at radius 3 is 2.32 bits per heavy atom. The molecule has 0 saturated carbocycles. The number of nitrogens with one attached hydrogen (secondary N) is 1. The van der Waals surface area contributed by atoms with Gasteiger partial charge in [0.05, 0.1) is 12.5 Å². The number of hydrogen-bond donors (Lipinski definition) is 1. The van der Waals surface area contributed by atoms with E-state index >= 15 is 0 Å². The largest absolute Gasteiger partial charge is 0.435 e. The average molecular weight is 305 g/mol. The van der Waals surface area contributed by atoms with Gasteiger partial charge in [-0.25, -0.2) is 0 Å². The molecule has 0 aliphatic carbocycles. The summed E-state index contributed by atoms with van der Waals surface area (Å²) in [5, 5.41) is 2.88. The Balaban J connectivity index is 1.91. The Morgan fingerprint density at radius 1 is 1.09 bits per heavy atom. The normalized spacial score (nSPS) is 12.0. The van der Waals surface area contributed by atoms with Gasteiger partial charge in [0.15, 0.2) is 0 Å². The van der Waals surface area contributed by atoms with Crippen LogP contribution in [-0.4, -0.2) is 12.5 Å². The van der Waals surface area contributed by atoms with Crippen molar-refractivity contribution in [1.29, 1.82) is 0 Å². The van der Waals surface area contributed by atoms with E-state index in [0.29, 0.717) is 6.42 Å². The van der Waals surface area contributed by atoms with Gasteiger partial charge in [-0.15, -0.1) is 0 Å². The summed E-state index contributed by atoms with van der Waals surface area (Å²) >= 11 is 0. The summed E-state index contributed by atoms with van der Waals surface area (Å²) < 4.78 is 28.4. The van der Waals surface area contributed by atoms with Crippen molar-refractivity contribution in [3.05, 3.63) is 65.7 Å². The molecule has 0 spiro atoms. The molecular formula is C17H17F2NO2. The third-order valence-corrected chi connectivity index (χ3v) is 3.19. The Bertz CT molecular complexity index is 600. The molecule has 3 nitrogen and oxygen atoms in total. The lowest BCUT2D eigenvalue weighted by Crippen LogP contribution is -2.28. The first-order valence-electron chi connectivity index (χ1n) is 6.92. The number of carbonyl (C=O) groups is 1. The van der Waals surface area contributed by atoms with E-state index < -0.39 is 6.61 Å². The van der Waals surface area contributed by atoms with Crippen LogP contribution in [-0.2, 0) is 11.2 Å². The zero-order valence-corrected chi connectivity index (χ0v) is 12.1. The second-order valence-electron chi connectivity index (χ2n) is 4.90. The van der Waals surface area contributed by atoms with Crippen molar-refractivity contribution in [3.8, 4) is 5.75 Å². The summed E-state index contributed by atoms with van der Waals surface area (Å²) in [5.74, 6) is 0.00756. The van der Waals surface area contributed by atoms with Gasteiger partial charge in [-0.05, 0) is 30.2 Å². The zero-order chi connectivity index (χ0) is 15.9. The fourth-order valence-electron chi connectivity index (χ4n) is 2.10. The Morgan fingerprint density at radius 2 is 1.73 bits per heavy atom. The van der Waals surface area contributed by atoms with Crippen LogP contribution in [0.25, 0.3) is 0 Å². The van der Waals surface area contributed by atoms with Crippen LogP contribution < -0.4 is 10.1 Å². The lowest BCUT2D eigenvalue weighted by molar-refractivity contribution is -0.121. The van der Waals surface area contributed by atoms with Gasteiger partial charge >= 0.3 is 6.61 Å². The quantitative estimate of drug-likeness (QED) is 0.883. The molecule has 0 aliphatic rings. The highest BCUT2D eigenvalue weighted by Crippen LogP contribution is 2.19. The van der Waals surface area contributed by atoms with Crippen LogP contribution in [0.5, 0.6) is 5.75 Å². The molecular weight excluding hydrogens is 288 g/mol. The van der Waals surface area contributed by atoms with Gasteiger partial charge in [0.2, 0.25) is 5.91 Å². The van der Waals surface area contributed by atoms with E-state index in [4.69, 9.17) is 0 Å². The number of alkyl halides is 2. The molecule has 1 amide bonds. The molecule has 0 bridgehead atoms. The van der Waals surface area contributed by atoms with E-state index in [0.717, 1.165) is 11.1 Å². The van der Waals surface area contributed by atoms with Crippen LogP contribution in [0.2, 0.25) is 0 Å². The molecule has 5 heteroatoms. The monoisotopic (exact) mass is 305 g/mol. The predicted octanol–water partition coefficient (Wildman–Crippen LogP) is 3.71. The number of ether oxygens (including phenoxy) is 1. The molecule has 0 heterocycles. The first-order valence-corrected chi connectivity index (χ1v) is 6.92.